The van der Waals surface area contributed by atoms with Crippen LogP contribution < -0.4 is 20.7 Å². The van der Waals surface area contributed by atoms with E-state index in [0.29, 0.717) is 10.2 Å². The third kappa shape index (κ3) is 7.58. The van der Waals surface area contributed by atoms with Gasteiger partial charge in [0.15, 0.2) is 0 Å². The molecule has 11 heteroatoms. The summed E-state index contributed by atoms with van der Waals surface area (Å²) in [5, 5.41) is 7.26. The van der Waals surface area contributed by atoms with Crippen molar-refractivity contribution < 1.29 is 22.8 Å². The van der Waals surface area contributed by atoms with Crippen LogP contribution in [-0.2, 0) is 24.4 Å². The molecule has 3 amide bonds. The van der Waals surface area contributed by atoms with Gasteiger partial charge in [0.1, 0.15) is 0 Å². The van der Waals surface area contributed by atoms with E-state index in [0.717, 1.165) is 5.56 Å². The number of carbonyl (C=O) groups is 3. The molecule has 2 aromatic rings. The van der Waals surface area contributed by atoms with Gasteiger partial charge in [0.2, 0.25) is 27.7 Å². The Morgan fingerprint density at radius 1 is 0.833 bits per heavy atom. The van der Waals surface area contributed by atoms with Gasteiger partial charge in [0, 0.05) is 4.47 Å². The summed E-state index contributed by atoms with van der Waals surface area (Å²) in [4.78, 5) is 35.5. The first-order valence-electron chi connectivity index (χ1n) is 8.81. The first-order chi connectivity index (χ1) is 14.2. The number of hydrogen-bond acceptors (Lipinski definition) is 5. The second kappa shape index (κ2) is 10.9. The minimum atomic E-state index is -3.83. The van der Waals surface area contributed by atoms with Crippen molar-refractivity contribution in [1.82, 2.24) is 15.4 Å². The molecular weight excluding hydrogens is 476 g/mol. The number of nitrogens with one attached hydrogen (secondary N) is 4. The number of benzene rings is 2. The van der Waals surface area contributed by atoms with Gasteiger partial charge >= 0.3 is 0 Å². The summed E-state index contributed by atoms with van der Waals surface area (Å²) >= 11 is 3.29. The van der Waals surface area contributed by atoms with E-state index in [1.165, 1.54) is 12.1 Å². The molecule has 0 atom stereocenters. The Hall–Kier alpha value is -2.76. The van der Waals surface area contributed by atoms with Crippen molar-refractivity contribution in [3.63, 3.8) is 0 Å². The van der Waals surface area contributed by atoms with E-state index in [2.05, 4.69) is 36.6 Å². The van der Waals surface area contributed by atoms with E-state index in [1.807, 2.05) is 6.92 Å². The van der Waals surface area contributed by atoms with Gasteiger partial charge in [-0.1, -0.05) is 29.8 Å². The summed E-state index contributed by atoms with van der Waals surface area (Å²) < 4.78 is 27.1. The molecule has 0 spiro atoms. The molecule has 0 saturated heterocycles. The summed E-state index contributed by atoms with van der Waals surface area (Å²) in [5.74, 6) is -1.71. The molecule has 9 nitrogen and oxygen atoms in total. The quantitative estimate of drug-likeness (QED) is 0.409. The minimum Gasteiger partial charge on any atom is -0.346 e. The van der Waals surface area contributed by atoms with E-state index >= 15 is 0 Å². The number of anilines is 1. The van der Waals surface area contributed by atoms with E-state index in [1.54, 1.807) is 36.4 Å². The lowest BCUT2D eigenvalue weighted by molar-refractivity contribution is -0.126. The fraction of sp³-hybridized carbons (Fsp3) is 0.211. The minimum absolute atomic E-state index is 0.0368. The van der Waals surface area contributed by atoms with Crippen LogP contribution >= 0.6 is 15.9 Å². The van der Waals surface area contributed by atoms with Crippen molar-refractivity contribution >= 4 is 49.4 Å². The smallest absolute Gasteiger partial charge is 0.243 e. The van der Waals surface area contributed by atoms with Gasteiger partial charge in [-0.15, -0.1) is 0 Å². The molecule has 0 aliphatic heterocycles. The van der Waals surface area contributed by atoms with E-state index in [-0.39, 0.29) is 11.4 Å². The highest BCUT2D eigenvalue weighted by Gasteiger charge is 2.15. The van der Waals surface area contributed by atoms with Gasteiger partial charge in [-0.25, -0.2) is 13.1 Å². The summed E-state index contributed by atoms with van der Waals surface area (Å²) in [6.07, 6.45) is 0. The van der Waals surface area contributed by atoms with E-state index in [4.69, 9.17) is 0 Å². The second-order valence-electron chi connectivity index (χ2n) is 6.22. The fourth-order valence-corrected chi connectivity index (χ4v) is 3.57. The Balaban J connectivity index is 1.70. The Morgan fingerprint density at radius 3 is 2.03 bits per heavy atom. The zero-order valence-corrected chi connectivity index (χ0v) is 18.5. The normalized spacial score (nSPS) is 10.9. The van der Waals surface area contributed by atoms with Crippen molar-refractivity contribution in [1.29, 1.82) is 0 Å². The Bertz CT molecular complexity index is 1030. The van der Waals surface area contributed by atoms with Crippen LogP contribution in [-0.4, -0.2) is 45.8 Å². The monoisotopic (exact) mass is 496 g/mol. The lowest BCUT2D eigenvalue weighted by Crippen LogP contribution is -2.43. The van der Waals surface area contributed by atoms with Gasteiger partial charge in [-0.05, 0) is 47.1 Å². The number of halogens is 1. The number of hydrogen-bond donors (Lipinski definition) is 4. The van der Waals surface area contributed by atoms with Crippen LogP contribution in [0.5, 0.6) is 0 Å². The second-order valence-corrected chi connectivity index (χ2v) is 8.84. The maximum absolute atomic E-state index is 12.1. The molecule has 0 aromatic heterocycles. The number of amides is 3. The van der Waals surface area contributed by atoms with E-state index in [9.17, 15) is 22.8 Å². The average Bonchev–Trinajstić information content (AvgIpc) is 2.71. The highest BCUT2D eigenvalue weighted by molar-refractivity contribution is 9.10. The number of aryl methyl sites for hydroxylation is 1. The molecule has 0 fully saturated rings. The maximum Gasteiger partial charge on any atom is 0.243 e. The lowest BCUT2D eigenvalue weighted by atomic mass is 10.2. The standard InChI is InChI=1S/C19H21BrN4O5S/c1-13-6-8-14(9-7-13)30(28,29)23-12-18(26)21-10-17(25)22-11-19(27)24-16-5-3-2-4-15(16)20/h2-9,23H,10-12H2,1H3,(H,21,26)(H,22,25)(H,24,27). The molecule has 2 rings (SSSR count). The number of carbonyl (C=O) groups excluding carboxylic acids is 3. The number of para-hydroxylation sites is 1. The Morgan fingerprint density at radius 2 is 1.40 bits per heavy atom. The molecule has 0 saturated carbocycles. The zero-order chi connectivity index (χ0) is 22.1. The van der Waals surface area contributed by atoms with Crippen molar-refractivity contribution in [2.24, 2.45) is 0 Å². The van der Waals surface area contributed by atoms with Gasteiger partial charge in [0.25, 0.3) is 0 Å². The first kappa shape index (κ1) is 23.5. The SMILES string of the molecule is Cc1ccc(S(=O)(=O)NCC(=O)NCC(=O)NCC(=O)Nc2ccccc2Br)cc1. The van der Waals surface area contributed by atoms with Crippen molar-refractivity contribution in [2.45, 2.75) is 11.8 Å². The molecule has 0 unspecified atom stereocenters. The number of sulfonamides is 1. The van der Waals surface area contributed by atoms with Crippen LogP contribution in [0.15, 0.2) is 57.9 Å². The van der Waals surface area contributed by atoms with Crippen molar-refractivity contribution in [2.75, 3.05) is 25.0 Å². The van der Waals surface area contributed by atoms with E-state index < -0.39 is 40.8 Å². The third-order valence-electron chi connectivity index (χ3n) is 3.79. The van der Waals surface area contributed by atoms with Crippen LogP contribution in [0.1, 0.15) is 5.56 Å². The topological polar surface area (TPSA) is 133 Å². The molecule has 0 aliphatic rings. The molecular formula is C19H21BrN4O5S. The summed E-state index contributed by atoms with van der Waals surface area (Å²) in [6.45, 7) is 0.627. The van der Waals surface area contributed by atoms with Crippen molar-refractivity contribution in [3.05, 3.63) is 58.6 Å². The predicted molar refractivity (Wildman–Crippen MR) is 115 cm³/mol. The summed E-state index contributed by atoms with van der Waals surface area (Å²) in [5.41, 5.74) is 1.47. The van der Waals surface area contributed by atoms with Crippen LogP contribution in [0, 0.1) is 6.92 Å². The summed E-state index contributed by atoms with van der Waals surface area (Å²) in [7, 11) is -3.83. The summed E-state index contributed by atoms with van der Waals surface area (Å²) in [6, 6.07) is 13.2. The van der Waals surface area contributed by atoms with Gasteiger partial charge < -0.3 is 16.0 Å². The fourth-order valence-electron chi connectivity index (χ4n) is 2.20. The molecule has 160 valence electrons. The van der Waals surface area contributed by atoms with Crippen LogP contribution in [0.3, 0.4) is 0 Å². The largest absolute Gasteiger partial charge is 0.346 e. The highest BCUT2D eigenvalue weighted by atomic mass is 79.9. The van der Waals surface area contributed by atoms with Crippen LogP contribution in [0.25, 0.3) is 0 Å². The Labute approximate surface area is 182 Å². The van der Waals surface area contributed by atoms with Gasteiger partial charge in [-0.3, -0.25) is 14.4 Å². The molecule has 0 bridgehead atoms. The maximum atomic E-state index is 12.1. The van der Waals surface area contributed by atoms with Crippen LogP contribution in [0.2, 0.25) is 0 Å². The Kier molecular flexibility index (Phi) is 8.51. The van der Waals surface area contributed by atoms with Gasteiger partial charge in [-0.2, -0.15) is 0 Å². The molecule has 30 heavy (non-hydrogen) atoms. The third-order valence-corrected chi connectivity index (χ3v) is 5.90. The zero-order valence-electron chi connectivity index (χ0n) is 16.1. The van der Waals surface area contributed by atoms with Crippen LogP contribution in [0.4, 0.5) is 5.69 Å². The number of rotatable bonds is 9. The molecule has 0 radical (unpaired) electrons. The molecule has 2 aromatic carbocycles. The molecule has 4 N–H and O–H groups in total. The average molecular weight is 497 g/mol. The van der Waals surface area contributed by atoms with Crippen molar-refractivity contribution in [3.8, 4) is 0 Å². The molecule has 0 aliphatic carbocycles. The van der Waals surface area contributed by atoms with Gasteiger partial charge in [0.05, 0.1) is 30.2 Å². The lowest BCUT2D eigenvalue weighted by Gasteiger charge is -2.10. The first-order valence-corrected chi connectivity index (χ1v) is 11.1. The predicted octanol–water partition coefficient (Wildman–Crippen LogP) is 0.907. The highest BCUT2D eigenvalue weighted by Crippen LogP contribution is 2.20. The molecule has 0 heterocycles.